The minimum absolute atomic E-state index is 0.112. The highest BCUT2D eigenvalue weighted by Crippen LogP contribution is 2.21. The van der Waals surface area contributed by atoms with Crippen molar-refractivity contribution >= 4 is 11.4 Å². The van der Waals surface area contributed by atoms with Crippen LogP contribution in [0.4, 0.5) is 0 Å². The maximum absolute atomic E-state index is 12.8. The van der Waals surface area contributed by atoms with E-state index in [-0.39, 0.29) is 18.0 Å². The number of hydrogen-bond acceptors (Lipinski definition) is 6. The molecule has 1 aliphatic rings. The van der Waals surface area contributed by atoms with Gasteiger partial charge in [-0.1, -0.05) is 6.92 Å². The van der Waals surface area contributed by atoms with Crippen LogP contribution in [0.15, 0.2) is 41.5 Å². The van der Waals surface area contributed by atoms with Crippen LogP contribution in [0.25, 0.3) is 16.8 Å². The first-order valence-electron chi connectivity index (χ1n) is 11.1. The topological polar surface area (TPSA) is 93.8 Å². The monoisotopic (exact) mass is 438 g/mol. The molecule has 0 bridgehead atoms. The third kappa shape index (κ3) is 5.16. The molecule has 1 aliphatic heterocycles. The lowest BCUT2D eigenvalue weighted by Gasteiger charge is -2.30. The normalized spacial score (nSPS) is 16.9. The first-order valence-corrected chi connectivity index (χ1v) is 11.1. The maximum atomic E-state index is 12.8. The Labute approximate surface area is 187 Å². The lowest BCUT2D eigenvalue weighted by atomic mass is 10.0. The summed E-state index contributed by atoms with van der Waals surface area (Å²) in [6.45, 7) is 6.03. The van der Waals surface area contributed by atoms with Gasteiger partial charge in [-0.3, -0.25) is 9.59 Å². The van der Waals surface area contributed by atoms with Crippen LogP contribution in [0.2, 0.25) is 0 Å². The van der Waals surface area contributed by atoms with E-state index in [2.05, 4.69) is 27.3 Å². The number of ether oxygens (including phenoxy) is 1. The van der Waals surface area contributed by atoms with Gasteiger partial charge >= 0.3 is 0 Å². The summed E-state index contributed by atoms with van der Waals surface area (Å²) in [5.41, 5.74) is 1.54. The second kappa shape index (κ2) is 9.95. The number of rotatable bonds is 8. The molecule has 0 radical (unpaired) electrons. The number of nitrogens with zero attached hydrogens (tertiary/aromatic N) is 5. The van der Waals surface area contributed by atoms with Gasteiger partial charge in [0.15, 0.2) is 0 Å². The average molecular weight is 439 g/mol. The fourth-order valence-corrected chi connectivity index (χ4v) is 4.17. The van der Waals surface area contributed by atoms with Gasteiger partial charge in [-0.05, 0) is 68.6 Å². The van der Waals surface area contributed by atoms with Crippen molar-refractivity contribution < 1.29 is 9.53 Å². The van der Waals surface area contributed by atoms with Crippen LogP contribution in [-0.4, -0.2) is 63.5 Å². The molecule has 0 spiro atoms. The summed E-state index contributed by atoms with van der Waals surface area (Å²) in [7, 11) is 1.61. The molecule has 0 aliphatic carbocycles. The van der Waals surface area contributed by atoms with Crippen LogP contribution < -0.4 is 15.6 Å². The van der Waals surface area contributed by atoms with E-state index in [0.29, 0.717) is 17.8 Å². The molecule has 1 saturated heterocycles. The van der Waals surface area contributed by atoms with Crippen molar-refractivity contribution in [2.24, 2.45) is 5.92 Å². The van der Waals surface area contributed by atoms with Crippen molar-refractivity contribution in [3.63, 3.8) is 0 Å². The van der Waals surface area contributed by atoms with Crippen LogP contribution in [0, 0.1) is 5.92 Å². The highest BCUT2D eigenvalue weighted by molar-refractivity contribution is 5.75. The summed E-state index contributed by atoms with van der Waals surface area (Å²) >= 11 is 0. The van der Waals surface area contributed by atoms with E-state index >= 15 is 0 Å². The Morgan fingerprint density at radius 1 is 1.28 bits per heavy atom. The number of methoxy groups -OCH3 is 1. The maximum Gasteiger partial charge on any atom is 0.293 e. The number of nitrogens with one attached hydrogen (secondary N) is 1. The number of amides is 1. The highest BCUT2D eigenvalue weighted by Gasteiger charge is 2.16. The van der Waals surface area contributed by atoms with Crippen molar-refractivity contribution in [1.29, 1.82) is 0 Å². The molecule has 1 unspecified atom stereocenters. The van der Waals surface area contributed by atoms with E-state index in [4.69, 9.17) is 4.74 Å². The minimum atomic E-state index is -0.350. The summed E-state index contributed by atoms with van der Waals surface area (Å²) in [6, 6.07) is 9.15. The smallest absolute Gasteiger partial charge is 0.293 e. The third-order valence-electron chi connectivity index (χ3n) is 5.88. The fourth-order valence-electron chi connectivity index (χ4n) is 4.17. The Hall–Kier alpha value is -3.20. The predicted molar refractivity (Wildman–Crippen MR) is 122 cm³/mol. The van der Waals surface area contributed by atoms with E-state index < -0.39 is 0 Å². The zero-order chi connectivity index (χ0) is 22.5. The fraction of sp³-hybridized carbons (Fsp3) is 0.478. The second-order valence-electron chi connectivity index (χ2n) is 8.43. The van der Waals surface area contributed by atoms with Crippen LogP contribution in [0.3, 0.4) is 0 Å². The van der Waals surface area contributed by atoms with Crippen LogP contribution in [-0.2, 0) is 11.3 Å². The number of hydrogen-bond donors (Lipinski definition) is 1. The zero-order valence-corrected chi connectivity index (χ0v) is 18.7. The van der Waals surface area contributed by atoms with E-state index in [9.17, 15) is 9.59 Å². The van der Waals surface area contributed by atoms with E-state index in [1.54, 1.807) is 13.2 Å². The number of aromatic nitrogens is 4. The standard InChI is InChI=1S/C23H30N6O3/c1-17-5-3-11-27(14-17)12-4-10-24-22(30)15-28-23(31)21-13-20(26-29(21)16-25-28)18-6-8-19(32-2)9-7-18/h6-9,13,16-17H,3-5,10-12,14-15H2,1-2H3,(H,24,30). The van der Waals surface area contributed by atoms with Gasteiger partial charge in [-0.15, -0.1) is 0 Å². The number of carbonyl (C=O) groups excluding carboxylic acids is 1. The van der Waals surface area contributed by atoms with Crippen molar-refractivity contribution in [2.75, 3.05) is 33.3 Å². The van der Waals surface area contributed by atoms with Crippen LogP contribution >= 0.6 is 0 Å². The highest BCUT2D eigenvalue weighted by atomic mass is 16.5. The average Bonchev–Trinajstić information content (AvgIpc) is 3.24. The third-order valence-corrected chi connectivity index (χ3v) is 5.88. The summed E-state index contributed by atoms with van der Waals surface area (Å²) in [5.74, 6) is 1.28. The minimum Gasteiger partial charge on any atom is -0.497 e. The summed E-state index contributed by atoms with van der Waals surface area (Å²) in [6.07, 6.45) is 4.90. The molecule has 1 aromatic carbocycles. The molecule has 9 nitrogen and oxygen atoms in total. The van der Waals surface area contributed by atoms with Crippen molar-refractivity contribution in [3.8, 4) is 17.0 Å². The molecule has 0 saturated carbocycles. The quantitative estimate of drug-likeness (QED) is 0.539. The van der Waals surface area contributed by atoms with E-state index in [0.717, 1.165) is 43.3 Å². The van der Waals surface area contributed by atoms with Crippen molar-refractivity contribution in [3.05, 3.63) is 47.0 Å². The molecule has 1 fully saturated rings. The van der Waals surface area contributed by atoms with Gasteiger partial charge in [-0.2, -0.15) is 10.2 Å². The van der Waals surface area contributed by atoms with Gasteiger partial charge in [0.1, 0.15) is 24.1 Å². The molecule has 32 heavy (non-hydrogen) atoms. The molecule has 4 rings (SSSR count). The summed E-state index contributed by atoms with van der Waals surface area (Å²) < 4.78 is 7.79. The van der Waals surface area contributed by atoms with Crippen LogP contribution in [0.5, 0.6) is 5.75 Å². The Balaban J connectivity index is 1.35. The molecule has 1 N–H and O–H groups in total. The number of carbonyl (C=O) groups is 1. The van der Waals surface area contributed by atoms with Crippen molar-refractivity contribution in [2.45, 2.75) is 32.7 Å². The molecular weight excluding hydrogens is 408 g/mol. The lowest BCUT2D eigenvalue weighted by Crippen LogP contribution is -2.38. The number of likely N-dealkylation sites (tertiary alicyclic amines) is 1. The predicted octanol–water partition coefficient (Wildman–Crippen LogP) is 1.80. The molecule has 2 aromatic heterocycles. The van der Waals surface area contributed by atoms with Gasteiger partial charge in [0.2, 0.25) is 5.91 Å². The van der Waals surface area contributed by atoms with Gasteiger partial charge in [0.25, 0.3) is 5.56 Å². The Bertz CT molecular complexity index is 1120. The Kier molecular flexibility index (Phi) is 6.84. The zero-order valence-electron chi connectivity index (χ0n) is 18.7. The van der Waals surface area contributed by atoms with E-state index in [1.165, 1.54) is 28.4 Å². The molecule has 9 heteroatoms. The number of fused-ring (bicyclic) bond motifs is 1. The first kappa shape index (κ1) is 22.0. The Morgan fingerprint density at radius 2 is 2.09 bits per heavy atom. The number of benzene rings is 1. The molecule has 1 amide bonds. The summed E-state index contributed by atoms with van der Waals surface area (Å²) in [5, 5.41) is 11.4. The molecule has 3 aromatic rings. The summed E-state index contributed by atoms with van der Waals surface area (Å²) in [4.78, 5) is 27.6. The molecule has 1 atom stereocenters. The van der Waals surface area contributed by atoms with E-state index in [1.807, 2.05) is 24.3 Å². The lowest BCUT2D eigenvalue weighted by molar-refractivity contribution is -0.121. The van der Waals surface area contributed by atoms with Gasteiger partial charge in [-0.25, -0.2) is 9.20 Å². The van der Waals surface area contributed by atoms with Gasteiger partial charge < -0.3 is 15.0 Å². The molecule has 3 heterocycles. The SMILES string of the molecule is COc1ccc(-c2cc3c(=O)n(CC(=O)NCCCN4CCCC(C)C4)ncn3n2)cc1. The Morgan fingerprint density at radius 3 is 2.84 bits per heavy atom. The van der Waals surface area contributed by atoms with Crippen LogP contribution in [0.1, 0.15) is 26.2 Å². The van der Waals surface area contributed by atoms with Gasteiger partial charge in [0, 0.05) is 18.7 Å². The molecular formula is C23H30N6O3. The first-order chi connectivity index (χ1) is 15.5. The number of piperidine rings is 1. The van der Waals surface area contributed by atoms with Crippen molar-refractivity contribution in [1.82, 2.24) is 29.6 Å². The largest absolute Gasteiger partial charge is 0.497 e. The second-order valence-corrected chi connectivity index (χ2v) is 8.43. The molecule has 170 valence electrons. The van der Waals surface area contributed by atoms with Gasteiger partial charge in [0.05, 0.1) is 12.8 Å².